The molecule has 1 amide bonds. The van der Waals surface area contributed by atoms with Crippen LogP contribution in [0.3, 0.4) is 0 Å². The SMILES string of the molecule is NNC(=O)/C(=C/c1ccco1)CC(=O)c1ccccc1. The standard InChI is InChI=1S/C15H14N2O3/c16-17-15(19)12(9-13-7-4-8-20-13)10-14(18)11-5-2-1-3-6-11/h1-9H,10,16H2,(H,17,19)/b12-9+. The molecule has 0 atom stereocenters. The molecule has 1 aromatic carbocycles. The van der Waals surface area contributed by atoms with Gasteiger partial charge in [-0.2, -0.15) is 0 Å². The summed E-state index contributed by atoms with van der Waals surface area (Å²) in [7, 11) is 0. The second-order valence-electron chi connectivity index (χ2n) is 4.12. The molecule has 0 unspecified atom stereocenters. The van der Waals surface area contributed by atoms with Crippen molar-refractivity contribution >= 4 is 17.8 Å². The first kappa shape index (κ1) is 13.8. The predicted octanol–water partition coefficient (Wildman–Crippen LogP) is 1.93. The summed E-state index contributed by atoms with van der Waals surface area (Å²) in [5.41, 5.74) is 2.82. The van der Waals surface area contributed by atoms with Gasteiger partial charge in [0.2, 0.25) is 0 Å². The van der Waals surface area contributed by atoms with Gasteiger partial charge in [-0.25, -0.2) is 5.84 Å². The monoisotopic (exact) mass is 270 g/mol. The molecule has 0 radical (unpaired) electrons. The third-order valence-electron chi connectivity index (χ3n) is 2.73. The van der Waals surface area contributed by atoms with E-state index in [4.69, 9.17) is 10.3 Å². The summed E-state index contributed by atoms with van der Waals surface area (Å²) in [5, 5.41) is 0. The highest BCUT2D eigenvalue weighted by Gasteiger charge is 2.15. The number of benzene rings is 1. The van der Waals surface area contributed by atoms with Crippen LogP contribution in [0.2, 0.25) is 0 Å². The van der Waals surface area contributed by atoms with Crippen LogP contribution in [0.5, 0.6) is 0 Å². The minimum absolute atomic E-state index is 0.0479. The Morgan fingerprint density at radius 3 is 2.50 bits per heavy atom. The van der Waals surface area contributed by atoms with E-state index in [1.165, 1.54) is 12.3 Å². The van der Waals surface area contributed by atoms with Crippen molar-refractivity contribution < 1.29 is 14.0 Å². The highest BCUT2D eigenvalue weighted by molar-refractivity contribution is 6.06. The minimum atomic E-state index is -0.509. The first-order chi connectivity index (χ1) is 9.70. The summed E-state index contributed by atoms with van der Waals surface area (Å²) < 4.78 is 5.14. The third-order valence-corrected chi connectivity index (χ3v) is 2.73. The van der Waals surface area contributed by atoms with Crippen LogP contribution in [-0.2, 0) is 4.79 Å². The van der Waals surface area contributed by atoms with Crippen molar-refractivity contribution in [3.8, 4) is 0 Å². The molecule has 0 bridgehead atoms. The number of ketones is 1. The number of carbonyl (C=O) groups is 2. The van der Waals surface area contributed by atoms with Gasteiger partial charge in [0, 0.05) is 17.6 Å². The van der Waals surface area contributed by atoms with E-state index in [1.807, 2.05) is 11.5 Å². The van der Waals surface area contributed by atoms with Gasteiger partial charge in [-0.1, -0.05) is 30.3 Å². The topological polar surface area (TPSA) is 85.3 Å². The number of hydrogen-bond acceptors (Lipinski definition) is 4. The molecule has 5 nitrogen and oxygen atoms in total. The van der Waals surface area contributed by atoms with Crippen molar-refractivity contribution in [1.82, 2.24) is 5.43 Å². The predicted molar refractivity (Wildman–Crippen MR) is 74.4 cm³/mol. The number of furan rings is 1. The molecule has 0 aliphatic rings. The van der Waals surface area contributed by atoms with E-state index in [-0.39, 0.29) is 17.8 Å². The quantitative estimate of drug-likeness (QED) is 0.286. The zero-order valence-electron chi connectivity index (χ0n) is 10.7. The van der Waals surface area contributed by atoms with E-state index in [2.05, 4.69) is 0 Å². The highest BCUT2D eigenvalue weighted by Crippen LogP contribution is 2.14. The summed E-state index contributed by atoms with van der Waals surface area (Å²) in [6.45, 7) is 0. The Morgan fingerprint density at radius 2 is 1.90 bits per heavy atom. The molecule has 2 rings (SSSR count). The zero-order chi connectivity index (χ0) is 14.4. The number of amides is 1. The number of Topliss-reactive ketones (excluding diaryl/α,β-unsaturated/α-hetero) is 1. The van der Waals surface area contributed by atoms with Crippen molar-refractivity contribution in [3.63, 3.8) is 0 Å². The van der Waals surface area contributed by atoms with Gasteiger partial charge in [-0.3, -0.25) is 15.0 Å². The minimum Gasteiger partial charge on any atom is -0.465 e. The maximum atomic E-state index is 12.1. The molecular weight excluding hydrogens is 256 g/mol. The van der Waals surface area contributed by atoms with E-state index in [0.29, 0.717) is 11.3 Å². The van der Waals surface area contributed by atoms with Crippen molar-refractivity contribution in [2.45, 2.75) is 6.42 Å². The Labute approximate surface area is 116 Å². The van der Waals surface area contributed by atoms with Gasteiger partial charge in [0.1, 0.15) is 5.76 Å². The number of nitrogens with two attached hydrogens (primary N) is 1. The lowest BCUT2D eigenvalue weighted by molar-refractivity contribution is -0.117. The molecule has 0 aliphatic carbocycles. The molecule has 5 heteroatoms. The highest BCUT2D eigenvalue weighted by atomic mass is 16.3. The Balaban J connectivity index is 2.21. The summed E-state index contributed by atoms with van der Waals surface area (Å²) in [6.07, 6.45) is 2.94. The Hall–Kier alpha value is -2.66. The van der Waals surface area contributed by atoms with Gasteiger partial charge in [-0.15, -0.1) is 0 Å². The molecule has 1 aromatic heterocycles. The summed E-state index contributed by atoms with van der Waals surface area (Å²) in [5.74, 6) is 4.96. The molecule has 0 fully saturated rings. The summed E-state index contributed by atoms with van der Waals surface area (Å²) in [4.78, 5) is 23.8. The van der Waals surface area contributed by atoms with Gasteiger partial charge < -0.3 is 4.42 Å². The van der Waals surface area contributed by atoms with E-state index in [0.717, 1.165) is 0 Å². The Kier molecular flexibility index (Phi) is 4.47. The lowest BCUT2D eigenvalue weighted by Gasteiger charge is -2.05. The molecule has 20 heavy (non-hydrogen) atoms. The average Bonchev–Trinajstić information content (AvgIpc) is 2.99. The molecule has 102 valence electrons. The fourth-order valence-corrected chi connectivity index (χ4v) is 1.73. The Bertz CT molecular complexity index is 616. The van der Waals surface area contributed by atoms with E-state index in [1.54, 1.807) is 36.4 Å². The van der Waals surface area contributed by atoms with Crippen LogP contribution in [0.1, 0.15) is 22.5 Å². The number of hydrogen-bond donors (Lipinski definition) is 2. The summed E-state index contributed by atoms with van der Waals surface area (Å²) >= 11 is 0. The molecule has 2 aromatic rings. The van der Waals surface area contributed by atoms with E-state index in [9.17, 15) is 9.59 Å². The van der Waals surface area contributed by atoms with Gasteiger partial charge in [-0.05, 0) is 18.2 Å². The fraction of sp³-hybridized carbons (Fsp3) is 0.0667. The van der Waals surface area contributed by atoms with Crippen LogP contribution in [0, 0.1) is 0 Å². The van der Waals surface area contributed by atoms with Crippen molar-refractivity contribution in [2.75, 3.05) is 0 Å². The molecular formula is C15H14N2O3. The van der Waals surface area contributed by atoms with Crippen LogP contribution < -0.4 is 11.3 Å². The number of carbonyl (C=O) groups excluding carboxylic acids is 2. The van der Waals surface area contributed by atoms with Gasteiger partial charge >= 0.3 is 0 Å². The Morgan fingerprint density at radius 1 is 1.15 bits per heavy atom. The van der Waals surface area contributed by atoms with E-state index >= 15 is 0 Å². The first-order valence-electron chi connectivity index (χ1n) is 6.04. The number of hydrazine groups is 1. The molecule has 1 heterocycles. The molecule has 0 spiro atoms. The van der Waals surface area contributed by atoms with Crippen molar-refractivity contribution in [1.29, 1.82) is 0 Å². The van der Waals surface area contributed by atoms with Gasteiger partial charge in [0.25, 0.3) is 5.91 Å². The van der Waals surface area contributed by atoms with Crippen LogP contribution in [0.4, 0.5) is 0 Å². The molecule has 0 aliphatic heterocycles. The second-order valence-corrected chi connectivity index (χ2v) is 4.12. The second kappa shape index (κ2) is 6.49. The normalized spacial score (nSPS) is 11.2. The largest absolute Gasteiger partial charge is 0.465 e. The number of rotatable bonds is 5. The fourth-order valence-electron chi connectivity index (χ4n) is 1.73. The molecule has 3 N–H and O–H groups in total. The van der Waals surface area contributed by atoms with Crippen LogP contribution >= 0.6 is 0 Å². The van der Waals surface area contributed by atoms with Crippen LogP contribution in [0.25, 0.3) is 6.08 Å². The first-order valence-corrected chi connectivity index (χ1v) is 6.04. The maximum absolute atomic E-state index is 12.1. The van der Waals surface area contributed by atoms with E-state index < -0.39 is 5.91 Å². The molecule has 0 saturated carbocycles. The third kappa shape index (κ3) is 3.43. The maximum Gasteiger partial charge on any atom is 0.261 e. The van der Waals surface area contributed by atoms with Crippen molar-refractivity contribution in [2.24, 2.45) is 5.84 Å². The van der Waals surface area contributed by atoms with Crippen LogP contribution in [0.15, 0.2) is 58.7 Å². The number of nitrogens with one attached hydrogen (secondary N) is 1. The van der Waals surface area contributed by atoms with Gasteiger partial charge in [0.05, 0.1) is 6.26 Å². The summed E-state index contributed by atoms with van der Waals surface area (Å²) in [6, 6.07) is 12.2. The smallest absolute Gasteiger partial charge is 0.261 e. The lowest BCUT2D eigenvalue weighted by atomic mass is 10.0. The van der Waals surface area contributed by atoms with Gasteiger partial charge in [0.15, 0.2) is 5.78 Å². The molecule has 0 saturated heterocycles. The lowest BCUT2D eigenvalue weighted by Crippen LogP contribution is -2.32. The van der Waals surface area contributed by atoms with Crippen LogP contribution in [-0.4, -0.2) is 11.7 Å². The zero-order valence-corrected chi connectivity index (χ0v) is 10.7. The van der Waals surface area contributed by atoms with Crippen molar-refractivity contribution in [3.05, 3.63) is 65.6 Å². The average molecular weight is 270 g/mol.